The van der Waals surface area contributed by atoms with Gasteiger partial charge in [0.2, 0.25) is 0 Å². The number of hydrogen-bond acceptors (Lipinski definition) is 1. The van der Waals surface area contributed by atoms with Crippen LogP contribution in [0.25, 0.3) is 0 Å². The lowest BCUT2D eigenvalue weighted by Gasteiger charge is -2.27. The average molecular weight is 209 g/mol. The highest BCUT2D eigenvalue weighted by Gasteiger charge is 2.22. The van der Waals surface area contributed by atoms with Crippen molar-refractivity contribution in [2.45, 2.75) is 64.8 Å². The monoisotopic (exact) mass is 209 g/mol. The molecule has 0 spiro atoms. The Morgan fingerprint density at radius 3 is 2.67 bits per heavy atom. The highest BCUT2D eigenvalue weighted by atomic mass is 14.9. The molecule has 2 unspecified atom stereocenters. The Labute approximate surface area is 95.3 Å². The number of hydrogen-bond donors (Lipinski definition) is 1. The van der Waals surface area contributed by atoms with Gasteiger partial charge in [-0.15, -0.1) is 0 Å². The van der Waals surface area contributed by atoms with Crippen LogP contribution >= 0.6 is 0 Å². The second kappa shape index (κ2) is 7.05. The van der Waals surface area contributed by atoms with Crippen LogP contribution in [0.4, 0.5) is 0 Å². The van der Waals surface area contributed by atoms with Crippen LogP contribution in [0.1, 0.15) is 58.8 Å². The lowest BCUT2D eigenvalue weighted by molar-refractivity contribution is 0.361. The quantitative estimate of drug-likeness (QED) is 0.627. The van der Waals surface area contributed by atoms with Gasteiger partial charge in [-0.3, -0.25) is 0 Å². The summed E-state index contributed by atoms with van der Waals surface area (Å²) < 4.78 is 0. The van der Waals surface area contributed by atoms with E-state index in [1.165, 1.54) is 44.9 Å². The molecule has 88 valence electrons. The van der Waals surface area contributed by atoms with Crippen LogP contribution in [0.3, 0.4) is 0 Å². The Kier molecular flexibility index (Phi) is 6.00. The van der Waals surface area contributed by atoms with Crippen molar-refractivity contribution in [1.82, 2.24) is 5.32 Å². The standard InChI is InChI=1S/C14H27N/c1-4-6-9-12(5-2)14(15-3)13-10-7-8-11-13/h10,12,14-15H,4-9,11H2,1-3H3. The average Bonchev–Trinajstić information content (AvgIpc) is 2.77. The minimum absolute atomic E-state index is 0.657. The van der Waals surface area contributed by atoms with Crippen LogP contribution in [0, 0.1) is 5.92 Å². The number of unbranched alkanes of at least 4 members (excludes halogenated alkanes) is 1. The summed E-state index contributed by atoms with van der Waals surface area (Å²) in [7, 11) is 2.12. The van der Waals surface area contributed by atoms with E-state index < -0.39 is 0 Å². The predicted molar refractivity (Wildman–Crippen MR) is 68.1 cm³/mol. The van der Waals surface area contributed by atoms with Crippen molar-refractivity contribution in [3.05, 3.63) is 11.6 Å². The van der Waals surface area contributed by atoms with Crippen molar-refractivity contribution in [3.8, 4) is 0 Å². The first-order valence-corrected chi connectivity index (χ1v) is 6.69. The summed E-state index contributed by atoms with van der Waals surface area (Å²) in [6, 6.07) is 0.657. The van der Waals surface area contributed by atoms with Gasteiger partial charge in [-0.05, 0) is 38.6 Å². The van der Waals surface area contributed by atoms with Gasteiger partial charge in [0.1, 0.15) is 0 Å². The van der Waals surface area contributed by atoms with E-state index >= 15 is 0 Å². The van der Waals surface area contributed by atoms with Crippen LogP contribution in [0.5, 0.6) is 0 Å². The molecule has 1 heteroatoms. The zero-order valence-corrected chi connectivity index (χ0v) is 10.7. The maximum atomic E-state index is 3.54. The summed E-state index contributed by atoms with van der Waals surface area (Å²) >= 11 is 0. The van der Waals surface area contributed by atoms with E-state index in [4.69, 9.17) is 0 Å². The first-order valence-electron chi connectivity index (χ1n) is 6.69. The molecule has 0 radical (unpaired) electrons. The lowest BCUT2D eigenvalue weighted by atomic mass is 9.86. The zero-order chi connectivity index (χ0) is 11.1. The van der Waals surface area contributed by atoms with Gasteiger partial charge in [0.15, 0.2) is 0 Å². The Bertz CT molecular complexity index is 196. The number of allylic oxidation sites excluding steroid dienone is 1. The molecule has 1 aliphatic rings. The van der Waals surface area contributed by atoms with Crippen molar-refractivity contribution in [2.75, 3.05) is 7.05 Å². The van der Waals surface area contributed by atoms with E-state index in [9.17, 15) is 0 Å². The van der Waals surface area contributed by atoms with Gasteiger partial charge in [-0.1, -0.05) is 44.8 Å². The van der Waals surface area contributed by atoms with Crippen molar-refractivity contribution in [3.63, 3.8) is 0 Å². The van der Waals surface area contributed by atoms with Gasteiger partial charge in [0.05, 0.1) is 0 Å². The molecular weight excluding hydrogens is 182 g/mol. The van der Waals surface area contributed by atoms with Gasteiger partial charge < -0.3 is 5.32 Å². The number of rotatable bonds is 7. The Morgan fingerprint density at radius 1 is 1.40 bits per heavy atom. The van der Waals surface area contributed by atoms with E-state index in [-0.39, 0.29) is 0 Å². The molecule has 0 heterocycles. The molecule has 2 atom stereocenters. The van der Waals surface area contributed by atoms with Crippen molar-refractivity contribution in [2.24, 2.45) is 5.92 Å². The maximum absolute atomic E-state index is 3.54. The highest BCUT2D eigenvalue weighted by molar-refractivity contribution is 5.16. The van der Waals surface area contributed by atoms with E-state index in [1.807, 2.05) is 0 Å². The Morgan fingerprint density at radius 2 is 2.20 bits per heavy atom. The summed E-state index contributed by atoms with van der Waals surface area (Å²) in [5.74, 6) is 0.847. The molecule has 0 aromatic rings. The smallest absolute Gasteiger partial charge is 0.0304 e. The number of nitrogens with one attached hydrogen (secondary N) is 1. The molecule has 15 heavy (non-hydrogen) atoms. The van der Waals surface area contributed by atoms with Crippen LogP contribution in [-0.4, -0.2) is 13.1 Å². The summed E-state index contributed by atoms with van der Waals surface area (Å²) in [4.78, 5) is 0. The van der Waals surface area contributed by atoms with Gasteiger partial charge in [0.25, 0.3) is 0 Å². The third-order valence-corrected chi connectivity index (χ3v) is 3.71. The van der Waals surface area contributed by atoms with Crippen LogP contribution < -0.4 is 5.32 Å². The fourth-order valence-corrected chi connectivity index (χ4v) is 2.77. The molecule has 0 fully saturated rings. The van der Waals surface area contributed by atoms with Crippen molar-refractivity contribution < 1.29 is 0 Å². The van der Waals surface area contributed by atoms with Crippen LogP contribution in [-0.2, 0) is 0 Å². The largest absolute Gasteiger partial charge is 0.313 e. The highest BCUT2D eigenvalue weighted by Crippen LogP contribution is 2.28. The van der Waals surface area contributed by atoms with Gasteiger partial charge in [-0.25, -0.2) is 0 Å². The fourth-order valence-electron chi connectivity index (χ4n) is 2.77. The maximum Gasteiger partial charge on any atom is 0.0304 e. The molecular formula is C14H27N. The molecule has 1 rings (SSSR count). The molecule has 0 bridgehead atoms. The molecule has 1 nitrogen and oxygen atoms in total. The SMILES string of the molecule is CCCCC(CC)C(NC)C1=CCCC1. The topological polar surface area (TPSA) is 12.0 Å². The molecule has 0 aromatic heterocycles. The Hall–Kier alpha value is -0.300. The first kappa shape index (κ1) is 12.8. The minimum Gasteiger partial charge on any atom is -0.313 e. The summed E-state index contributed by atoms with van der Waals surface area (Å²) in [5, 5.41) is 3.54. The summed E-state index contributed by atoms with van der Waals surface area (Å²) in [6.45, 7) is 4.62. The molecule has 0 amide bonds. The van der Waals surface area contributed by atoms with E-state index in [1.54, 1.807) is 5.57 Å². The fraction of sp³-hybridized carbons (Fsp3) is 0.857. The van der Waals surface area contributed by atoms with Gasteiger partial charge in [-0.2, -0.15) is 0 Å². The molecule has 0 aliphatic heterocycles. The third kappa shape index (κ3) is 3.64. The van der Waals surface area contributed by atoms with E-state index in [0.29, 0.717) is 6.04 Å². The molecule has 1 N–H and O–H groups in total. The van der Waals surface area contributed by atoms with Crippen LogP contribution in [0.15, 0.2) is 11.6 Å². The molecule has 0 saturated heterocycles. The lowest BCUT2D eigenvalue weighted by Crippen LogP contribution is -2.34. The summed E-state index contributed by atoms with van der Waals surface area (Å²) in [6.07, 6.45) is 11.9. The molecule has 0 saturated carbocycles. The second-order valence-electron chi connectivity index (χ2n) is 4.75. The minimum atomic E-state index is 0.657. The number of likely N-dealkylation sites (N-methyl/N-ethyl adjacent to an activating group) is 1. The molecule has 0 aromatic carbocycles. The zero-order valence-electron chi connectivity index (χ0n) is 10.7. The van der Waals surface area contributed by atoms with Crippen molar-refractivity contribution >= 4 is 0 Å². The van der Waals surface area contributed by atoms with E-state index in [0.717, 1.165) is 5.92 Å². The van der Waals surface area contributed by atoms with Crippen molar-refractivity contribution in [1.29, 1.82) is 0 Å². The first-order chi connectivity index (χ1) is 7.33. The van der Waals surface area contributed by atoms with E-state index in [2.05, 4.69) is 32.3 Å². The Balaban J connectivity index is 2.53. The normalized spacial score (nSPS) is 20.1. The van der Waals surface area contributed by atoms with Gasteiger partial charge >= 0.3 is 0 Å². The second-order valence-corrected chi connectivity index (χ2v) is 4.75. The van der Waals surface area contributed by atoms with Gasteiger partial charge in [0, 0.05) is 6.04 Å². The molecule has 1 aliphatic carbocycles. The summed E-state index contributed by atoms with van der Waals surface area (Å²) in [5.41, 5.74) is 1.68. The third-order valence-electron chi connectivity index (χ3n) is 3.71. The van der Waals surface area contributed by atoms with Crippen LogP contribution in [0.2, 0.25) is 0 Å². The predicted octanol–water partition coefficient (Wildman–Crippen LogP) is 3.90.